The van der Waals surface area contributed by atoms with Crippen LogP contribution in [0.1, 0.15) is 18.9 Å². The van der Waals surface area contributed by atoms with Crippen molar-refractivity contribution in [2.75, 3.05) is 30.8 Å². The van der Waals surface area contributed by atoms with Crippen molar-refractivity contribution in [1.29, 1.82) is 0 Å². The van der Waals surface area contributed by atoms with Gasteiger partial charge in [-0.15, -0.1) is 11.8 Å². The van der Waals surface area contributed by atoms with Crippen LogP contribution in [0.25, 0.3) is 0 Å². The predicted molar refractivity (Wildman–Crippen MR) is 118 cm³/mol. The Morgan fingerprint density at radius 2 is 1.94 bits per heavy atom. The van der Waals surface area contributed by atoms with E-state index in [1.807, 2.05) is 0 Å². The van der Waals surface area contributed by atoms with Crippen LogP contribution in [0.2, 0.25) is 0 Å². The molecule has 2 aromatic carbocycles. The molecule has 1 unspecified atom stereocenters. The molecule has 1 heterocycles. The predicted octanol–water partition coefficient (Wildman–Crippen LogP) is 4.00. The number of para-hydroxylation sites is 2. The lowest BCUT2D eigenvalue weighted by atomic mass is 10.1. The highest BCUT2D eigenvalue weighted by Gasteiger charge is 2.35. The average Bonchev–Trinajstić information content (AvgIpc) is 2.77. The maximum atomic E-state index is 12.9. The molecule has 0 aliphatic carbocycles. The van der Waals surface area contributed by atoms with E-state index >= 15 is 0 Å². The summed E-state index contributed by atoms with van der Waals surface area (Å²) in [6, 6.07) is 9.92. The first-order valence-electron chi connectivity index (χ1n) is 10.0. The highest BCUT2D eigenvalue weighted by atomic mass is 32.2. The summed E-state index contributed by atoms with van der Waals surface area (Å²) in [6.45, 7) is 1.72. The molecule has 2 aromatic rings. The van der Waals surface area contributed by atoms with E-state index in [9.17, 15) is 27.6 Å². The molecule has 0 spiro atoms. The molecule has 1 aliphatic rings. The summed E-state index contributed by atoms with van der Waals surface area (Å²) < 4.78 is 43.9. The fourth-order valence-electron chi connectivity index (χ4n) is 3.24. The van der Waals surface area contributed by atoms with E-state index in [1.54, 1.807) is 31.2 Å². The minimum absolute atomic E-state index is 0.0621. The number of alkyl halides is 3. The molecule has 176 valence electrons. The number of nitrogens with one attached hydrogen (secondary N) is 2. The number of anilines is 2. The van der Waals surface area contributed by atoms with Crippen LogP contribution < -0.4 is 15.4 Å². The standard InChI is InChI=1S/C22H22F3N3O4S/c1-3-28(12-19(29)26-14-6-4-5-7-16(14)32-2)20(30)11-18-21(31)27-15-10-13(22(23,24)25)8-9-17(15)33-18/h4-10,18H,3,11-12H2,1-2H3,(H,26,29)(H,27,31). The molecule has 11 heteroatoms. The van der Waals surface area contributed by atoms with Crippen LogP contribution in [0.15, 0.2) is 47.4 Å². The van der Waals surface area contributed by atoms with Crippen LogP contribution >= 0.6 is 11.8 Å². The van der Waals surface area contributed by atoms with Gasteiger partial charge in [-0.25, -0.2) is 0 Å². The Balaban J connectivity index is 1.63. The van der Waals surface area contributed by atoms with E-state index in [-0.39, 0.29) is 25.2 Å². The quantitative estimate of drug-likeness (QED) is 0.624. The van der Waals surface area contributed by atoms with E-state index in [1.165, 1.54) is 18.1 Å². The molecule has 1 atom stereocenters. The number of carbonyl (C=O) groups excluding carboxylic acids is 3. The number of benzene rings is 2. The molecular formula is C22H22F3N3O4S. The normalized spacial score (nSPS) is 15.3. The second-order valence-electron chi connectivity index (χ2n) is 7.16. The van der Waals surface area contributed by atoms with Gasteiger partial charge >= 0.3 is 6.18 Å². The largest absolute Gasteiger partial charge is 0.495 e. The van der Waals surface area contributed by atoms with Gasteiger partial charge in [-0.05, 0) is 37.3 Å². The van der Waals surface area contributed by atoms with Gasteiger partial charge in [0.15, 0.2) is 0 Å². The second kappa shape index (κ2) is 10.2. The molecule has 3 amide bonds. The van der Waals surface area contributed by atoms with Gasteiger partial charge in [0.25, 0.3) is 0 Å². The Hall–Kier alpha value is -3.21. The van der Waals surface area contributed by atoms with Gasteiger partial charge in [0.2, 0.25) is 17.7 Å². The SMILES string of the molecule is CCN(CC(=O)Nc1ccccc1OC)C(=O)CC1Sc2ccc(C(F)(F)F)cc2NC1=O. The average molecular weight is 481 g/mol. The van der Waals surface area contributed by atoms with Crippen LogP contribution in [0.3, 0.4) is 0 Å². The van der Waals surface area contributed by atoms with Crippen LogP contribution in [0, 0.1) is 0 Å². The molecule has 7 nitrogen and oxygen atoms in total. The number of thioether (sulfide) groups is 1. The summed E-state index contributed by atoms with van der Waals surface area (Å²) in [5, 5.41) is 4.31. The molecule has 0 saturated carbocycles. The van der Waals surface area contributed by atoms with E-state index in [2.05, 4.69) is 10.6 Å². The summed E-state index contributed by atoms with van der Waals surface area (Å²) in [5.41, 5.74) is -0.340. The Bertz CT molecular complexity index is 1060. The molecule has 2 N–H and O–H groups in total. The van der Waals surface area contributed by atoms with Crippen molar-refractivity contribution in [3.63, 3.8) is 0 Å². The van der Waals surface area contributed by atoms with Gasteiger partial charge in [-0.3, -0.25) is 14.4 Å². The van der Waals surface area contributed by atoms with E-state index in [0.717, 1.165) is 23.9 Å². The number of carbonyl (C=O) groups is 3. The maximum absolute atomic E-state index is 12.9. The molecular weight excluding hydrogens is 459 g/mol. The van der Waals surface area contributed by atoms with Crippen LogP contribution in [0.5, 0.6) is 5.75 Å². The number of fused-ring (bicyclic) bond motifs is 1. The maximum Gasteiger partial charge on any atom is 0.416 e. The first kappa shape index (κ1) is 24.4. The molecule has 1 aliphatic heterocycles. The second-order valence-corrected chi connectivity index (χ2v) is 8.41. The molecule has 3 rings (SSSR count). The number of halogens is 3. The van der Waals surface area contributed by atoms with E-state index < -0.39 is 34.7 Å². The number of nitrogens with zero attached hydrogens (tertiary/aromatic N) is 1. The number of likely N-dealkylation sites (N-methyl/N-ethyl adjacent to an activating group) is 1. The Kier molecular flexibility index (Phi) is 7.52. The van der Waals surface area contributed by atoms with Gasteiger partial charge in [-0.2, -0.15) is 13.2 Å². The fourth-order valence-corrected chi connectivity index (χ4v) is 4.32. The Morgan fingerprint density at radius 3 is 2.61 bits per heavy atom. The fraction of sp³-hybridized carbons (Fsp3) is 0.318. The molecule has 0 aromatic heterocycles. The zero-order chi connectivity index (χ0) is 24.2. The molecule has 0 saturated heterocycles. The number of rotatable bonds is 7. The summed E-state index contributed by atoms with van der Waals surface area (Å²) >= 11 is 1.02. The molecule has 0 bridgehead atoms. The number of hydrogen-bond acceptors (Lipinski definition) is 5. The lowest BCUT2D eigenvalue weighted by Crippen LogP contribution is -2.41. The van der Waals surface area contributed by atoms with Crippen molar-refractivity contribution in [3.8, 4) is 5.75 Å². The zero-order valence-corrected chi connectivity index (χ0v) is 18.7. The molecule has 0 fully saturated rings. The van der Waals surface area contributed by atoms with Gasteiger partial charge < -0.3 is 20.3 Å². The van der Waals surface area contributed by atoms with Crippen LogP contribution in [-0.4, -0.2) is 48.1 Å². The lowest BCUT2D eigenvalue weighted by molar-refractivity contribution is -0.137. The van der Waals surface area contributed by atoms with E-state index in [0.29, 0.717) is 16.3 Å². The van der Waals surface area contributed by atoms with Crippen molar-refractivity contribution in [2.24, 2.45) is 0 Å². The minimum atomic E-state index is -4.52. The van der Waals surface area contributed by atoms with Crippen LogP contribution in [-0.2, 0) is 20.6 Å². The van der Waals surface area contributed by atoms with Crippen molar-refractivity contribution in [1.82, 2.24) is 4.90 Å². The van der Waals surface area contributed by atoms with Gasteiger partial charge in [-0.1, -0.05) is 12.1 Å². The first-order chi connectivity index (χ1) is 15.6. The van der Waals surface area contributed by atoms with Crippen LogP contribution in [0.4, 0.5) is 24.5 Å². The number of hydrogen-bond donors (Lipinski definition) is 2. The van der Waals surface area contributed by atoms with E-state index in [4.69, 9.17) is 4.74 Å². The highest BCUT2D eigenvalue weighted by Crippen LogP contribution is 2.40. The number of ether oxygens (including phenoxy) is 1. The first-order valence-corrected chi connectivity index (χ1v) is 10.9. The van der Waals surface area contributed by atoms with Gasteiger partial charge in [0.05, 0.1) is 35.8 Å². The summed E-state index contributed by atoms with van der Waals surface area (Å²) in [5.74, 6) is -0.936. The minimum Gasteiger partial charge on any atom is -0.495 e. The van der Waals surface area contributed by atoms with Crippen molar-refractivity contribution < 1.29 is 32.3 Å². The third-order valence-electron chi connectivity index (χ3n) is 4.94. The van der Waals surface area contributed by atoms with Crippen molar-refractivity contribution >= 4 is 40.9 Å². The number of methoxy groups -OCH3 is 1. The van der Waals surface area contributed by atoms with Crippen molar-refractivity contribution in [3.05, 3.63) is 48.0 Å². The number of amides is 3. The van der Waals surface area contributed by atoms with Crippen molar-refractivity contribution in [2.45, 2.75) is 29.7 Å². The summed E-state index contributed by atoms with van der Waals surface area (Å²) in [4.78, 5) is 39.4. The molecule has 33 heavy (non-hydrogen) atoms. The third kappa shape index (κ3) is 5.98. The van der Waals surface area contributed by atoms with Gasteiger partial charge in [0.1, 0.15) is 5.75 Å². The Morgan fingerprint density at radius 1 is 1.21 bits per heavy atom. The smallest absolute Gasteiger partial charge is 0.416 e. The molecule has 0 radical (unpaired) electrons. The third-order valence-corrected chi connectivity index (χ3v) is 6.21. The lowest BCUT2D eigenvalue weighted by Gasteiger charge is -2.27. The topological polar surface area (TPSA) is 87.7 Å². The highest BCUT2D eigenvalue weighted by molar-refractivity contribution is 8.01. The summed E-state index contributed by atoms with van der Waals surface area (Å²) in [6.07, 6.45) is -4.73. The Labute approximate surface area is 192 Å². The monoisotopic (exact) mass is 481 g/mol. The van der Waals surface area contributed by atoms with Gasteiger partial charge in [0, 0.05) is 17.9 Å². The zero-order valence-electron chi connectivity index (χ0n) is 17.9. The summed E-state index contributed by atoms with van der Waals surface area (Å²) in [7, 11) is 1.47.